The average Bonchev–Trinajstić information content (AvgIpc) is 2.93. The minimum atomic E-state index is 0.0574. The molecule has 3 rings (SSSR count). The van der Waals surface area contributed by atoms with E-state index in [0.29, 0.717) is 6.42 Å². The first kappa shape index (κ1) is 16.2. The molecule has 2 aromatic rings. The molecular weight excluding hydrogens is 304 g/mol. The van der Waals surface area contributed by atoms with Crippen LogP contribution in [-0.2, 0) is 17.8 Å². The summed E-state index contributed by atoms with van der Waals surface area (Å²) in [5, 5.41) is 3.03. The predicted octanol–water partition coefficient (Wildman–Crippen LogP) is 4.22. The summed E-state index contributed by atoms with van der Waals surface area (Å²) in [6.07, 6.45) is 4.41. The Morgan fingerprint density at radius 2 is 2.00 bits per heavy atom. The van der Waals surface area contributed by atoms with Crippen molar-refractivity contribution in [1.82, 2.24) is 4.90 Å². The van der Waals surface area contributed by atoms with E-state index in [1.54, 1.807) is 11.3 Å². The molecule has 1 saturated heterocycles. The fraction of sp³-hybridized carbons (Fsp3) is 0.421. The number of rotatable bonds is 5. The second-order valence-corrected chi connectivity index (χ2v) is 7.65. The number of hydrogen-bond acceptors (Lipinski definition) is 3. The number of likely N-dealkylation sites (tertiary alicyclic amines) is 1. The van der Waals surface area contributed by atoms with E-state index in [9.17, 15) is 4.79 Å². The van der Waals surface area contributed by atoms with Crippen molar-refractivity contribution in [3.63, 3.8) is 0 Å². The number of carbonyl (C=O) groups is 1. The van der Waals surface area contributed by atoms with Gasteiger partial charge in [0, 0.05) is 22.0 Å². The molecule has 1 aliphatic rings. The minimum Gasteiger partial charge on any atom is -0.326 e. The van der Waals surface area contributed by atoms with Crippen LogP contribution in [0, 0.1) is 6.92 Å². The van der Waals surface area contributed by atoms with E-state index in [1.807, 2.05) is 18.2 Å². The summed E-state index contributed by atoms with van der Waals surface area (Å²) in [4.78, 5) is 17.0. The van der Waals surface area contributed by atoms with Gasteiger partial charge in [0.25, 0.3) is 0 Å². The molecule has 1 fully saturated rings. The van der Waals surface area contributed by atoms with Gasteiger partial charge in [-0.1, -0.05) is 18.6 Å². The lowest BCUT2D eigenvalue weighted by molar-refractivity contribution is -0.115. The SMILES string of the molecule is Cc1ccc(CC(=O)Nc2cccc(CN3CCCCC3)c2)s1. The summed E-state index contributed by atoms with van der Waals surface area (Å²) in [6, 6.07) is 12.3. The third kappa shape index (κ3) is 4.91. The van der Waals surface area contributed by atoms with Crippen LogP contribution in [0.1, 0.15) is 34.6 Å². The normalized spacial score (nSPS) is 15.5. The van der Waals surface area contributed by atoms with Crippen LogP contribution in [-0.4, -0.2) is 23.9 Å². The molecule has 0 bridgehead atoms. The highest BCUT2D eigenvalue weighted by atomic mass is 32.1. The summed E-state index contributed by atoms with van der Waals surface area (Å²) < 4.78 is 0. The molecule has 1 N–H and O–H groups in total. The summed E-state index contributed by atoms with van der Waals surface area (Å²) >= 11 is 1.69. The van der Waals surface area contributed by atoms with Crippen molar-refractivity contribution in [2.75, 3.05) is 18.4 Å². The van der Waals surface area contributed by atoms with Gasteiger partial charge in [-0.15, -0.1) is 11.3 Å². The van der Waals surface area contributed by atoms with Gasteiger partial charge < -0.3 is 5.32 Å². The van der Waals surface area contributed by atoms with Crippen LogP contribution in [0.15, 0.2) is 36.4 Å². The standard InChI is InChI=1S/C19H24N2OS/c1-15-8-9-18(23-15)13-19(22)20-17-7-5-6-16(12-17)14-21-10-3-2-4-11-21/h5-9,12H,2-4,10-11,13-14H2,1H3,(H,20,22). The molecule has 1 aromatic heterocycles. The van der Waals surface area contributed by atoms with Crippen molar-refractivity contribution in [1.29, 1.82) is 0 Å². The second kappa shape index (κ2) is 7.75. The highest BCUT2D eigenvalue weighted by molar-refractivity contribution is 7.12. The van der Waals surface area contributed by atoms with E-state index in [0.717, 1.165) is 17.1 Å². The number of thiophene rings is 1. The summed E-state index contributed by atoms with van der Waals surface area (Å²) in [5.41, 5.74) is 2.18. The summed E-state index contributed by atoms with van der Waals surface area (Å²) in [6.45, 7) is 5.42. The molecule has 3 nitrogen and oxygen atoms in total. The Kier molecular flexibility index (Phi) is 5.47. The molecule has 0 spiro atoms. The zero-order chi connectivity index (χ0) is 16.1. The number of nitrogens with one attached hydrogen (secondary N) is 1. The van der Waals surface area contributed by atoms with E-state index in [4.69, 9.17) is 0 Å². The van der Waals surface area contributed by atoms with E-state index >= 15 is 0 Å². The topological polar surface area (TPSA) is 32.3 Å². The van der Waals surface area contributed by atoms with Crippen LogP contribution in [0.3, 0.4) is 0 Å². The van der Waals surface area contributed by atoms with Crippen molar-refractivity contribution in [3.8, 4) is 0 Å². The van der Waals surface area contributed by atoms with Gasteiger partial charge in [-0.2, -0.15) is 0 Å². The second-order valence-electron chi connectivity index (χ2n) is 6.27. The van der Waals surface area contributed by atoms with Crippen molar-refractivity contribution in [2.24, 2.45) is 0 Å². The first-order chi connectivity index (χ1) is 11.2. The predicted molar refractivity (Wildman–Crippen MR) is 97.0 cm³/mol. The molecule has 0 radical (unpaired) electrons. The molecule has 122 valence electrons. The lowest BCUT2D eigenvalue weighted by Crippen LogP contribution is -2.29. The zero-order valence-corrected chi connectivity index (χ0v) is 14.5. The lowest BCUT2D eigenvalue weighted by Gasteiger charge is -2.26. The molecule has 4 heteroatoms. The van der Waals surface area contributed by atoms with Gasteiger partial charge in [0.2, 0.25) is 5.91 Å². The third-order valence-electron chi connectivity index (χ3n) is 4.20. The van der Waals surface area contributed by atoms with Crippen LogP contribution in [0.25, 0.3) is 0 Å². The molecule has 2 heterocycles. The Labute approximate surface area is 142 Å². The number of hydrogen-bond donors (Lipinski definition) is 1. The average molecular weight is 328 g/mol. The fourth-order valence-electron chi connectivity index (χ4n) is 3.07. The van der Waals surface area contributed by atoms with Crippen molar-refractivity contribution < 1.29 is 4.79 Å². The molecule has 1 aliphatic heterocycles. The van der Waals surface area contributed by atoms with Crippen molar-refractivity contribution in [3.05, 3.63) is 51.7 Å². The number of anilines is 1. The van der Waals surface area contributed by atoms with E-state index in [2.05, 4.69) is 35.3 Å². The molecule has 0 aliphatic carbocycles. The quantitative estimate of drug-likeness (QED) is 0.891. The number of nitrogens with zero attached hydrogens (tertiary/aromatic N) is 1. The number of benzene rings is 1. The van der Waals surface area contributed by atoms with Crippen LogP contribution in [0.5, 0.6) is 0 Å². The van der Waals surface area contributed by atoms with Crippen LogP contribution in [0.2, 0.25) is 0 Å². The monoisotopic (exact) mass is 328 g/mol. The summed E-state index contributed by atoms with van der Waals surface area (Å²) in [5.74, 6) is 0.0574. The maximum absolute atomic E-state index is 12.2. The Bertz CT molecular complexity index is 659. The summed E-state index contributed by atoms with van der Waals surface area (Å²) in [7, 11) is 0. The third-order valence-corrected chi connectivity index (χ3v) is 5.20. The van der Waals surface area contributed by atoms with Gasteiger partial charge in [0.15, 0.2) is 0 Å². The Balaban J connectivity index is 1.57. The van der Waals surface area contributed by atoms with Crippen LogP contribution in [0.4, 0.5) is 5.69 Å². The molecule has 0 atom stereocenters. The Morgan fingerprint density at radius 1 is 1.17 bits per heavy atom. The molecule has 1 aromatic carbocycles. The van der Waals surface area contributed by atoms with Crippen LogP contribution < -0.4 is 5.32 Å². The highest BCUT2D eigenvalue weighted by Gasteiger charge is 2.11. The Morgan fingerprint density at radius 3 is 2.74 bits per heavy atom. The number of piperidine rings is 1. The van der Waals surface area contributed by atoms with Crippen molar-refractivity contribution >= 4 is 22.9 Å². The number of aryl methyl sites for hydroxylation is 1. The number of carbonyl (C=O) groups excluding carboxylic acids is 1. The maximum atomic E-state index is 12.2. The van der Waals surface area contributed by atoms with Gasteiger partial charge in [-0.3, -0.25) is 9.69 Å². The van der Waals surface area contributed by atoms with E-state index < -0.39 is 0 Å². The molecule has 0 unspecified atom stereocenters. The molecule has 0 saturated carbocycles. The van der Waals surface area contributed by atoms with Crippen LogP contribution >= 0.6 is 11.3 Å². The van der Waals surface area contributed by atoms with E-state index in [-0.39, 0.29) is 5.91 Å². The van der Waals surface area contributed by atoms with Crippen molar-refractivity contribution in [2.45, 2.75) is 39.2 Å². The molecule has 1 amide bonds. The first-order valence-corrected chi connectivity index (χ1v) is 9.17. The van der Waals surface area contributed by atoms with E-state index in [1.165, 1.54) is 42.8 Å². The lowest BCUT2D eigenvalue weighted by atomic mass is 10.1. The van der Waals surface area contributed by atoms with Gasteiger partial charge in [-0.25, -0.2) is 0 Å². The fourth-order valence-corrected chi connectivity index (χ4v) is 3.96. The largest absolute Gasteiger partial charge is 0.326 e. The molecule has 23 heavy (non-hydrogen) atoms. The highest BCUT2D eigenvalue weighted by Crippen LogP contribution is 2.18. The van der Waals surface area contributed by atoms with Gasteiger partial charge in [-0.05, 0) is 62.7 Å². The van der Waals surface area contributed by atoms with Gasteiger partial charge in [0.05, 0.1) is 6.42 Å². The number of amides is 1. The first-order valence-electron chi connectivity index (χ1n) is 8.35. The zero-order valence-electron chi connectivity index (χ0n) is 13.7. The minimum absolute atomic E-state index is 0.0574. The smallest absolute Gasteiger partial charge is 0.229 e. The molecular formula is C19H24N2OS. The van der Waals surface area contributed by atoms with Gasteiger partial charge >= 0.3 is 0 Å². The Hall–Kier alpha value is -1.65. The van der Waals surface area contributed by atoms with Gasteiger partial charge in [0.1, 0.15) is 0 Å². The maximum Gasteiger partial charge on any atom is 0.229 e.